The van der Waals surface area contributed by atoms with Crippen LogP contribution in [-0.4, -0.2) is 15.5 Å². The van der Waals surface area contributed by atoms with Crippen molar-refractivity contribution in [3.8, 4) is 5.75 Å². The Labute approximate surface area is 136 Å². The van der Waals surface area contributed by atoms with E-state index < -0.39 is 10.0 Å². The van der Waals surface area contributed by atoms with Crippen LogP contribution in [0.5, 0.6) is 5.75 Å². The van der Waals surface area contributed by atoms with Crippen LogP contribution in [0.1, 0.15) is 16.7 Å². The van der Waals surface area contributed by atoms with Gasteiger partial charge in [0.05, 0.1) is 12.9 Å². The SMILES string of the molecule is COc1ccc(CNS(=O)(=O)Cc2cccc(C)c2)c(Cl)c1. The number of nitrogens with one attached hydrogen (secondary N) is 1. The van der Waals surface area contributed by atoms with Gasteiger partial charge in [0.25, 0.3) is 0 Å². The second-order valence-electron chi connectivity index (χ2n) is 5.03. The van der Waals surface area contributed by atoms with Gasteiger partial charge >= 0.3 is 0 Å². The van der Waals surface area contributed by atoms with Crippen molar-refractivity contribution in [2.45, 2.75) is 19.2 Å². The molecule has 0 saturated heterocycles. The van der Waals surface area contributed by atoms with Crippen LogP contribution in [0.25, 0.3) is 0 Å². The molecule has 0 heterocycles. The first kappa shape index (κ1) is 16.8. The van der Waals surface area contributed by atoms with E-state index in [1.54, 1.807) is 31.4 Å². The van der Waals surface area contributed by atoms with E-state index in [1.165, 1.54) is 0 Å². The van der Waals surface area contributed by atoms with Crippen LogP contribution in [0.4, 0.5) is 0 Å². The summed E-state index contributed by atoms with van der Waals surface area (Å²) < 4.78 is 31.9. The van der Waals surface area contributed by atoms with Crippen molar-refractivity contribution in [3.63, 3.8) is 0 Å². The molecule has 0 spiro atoms. The molecular formula is C16H18ClNO3S. The molecule has 2 aromatic carbocycles. The molecule has 2 rings (SSSR count). The number of benzene rings is 2. The second kappa shape index (κ2) is 7.13. The van der Waals surface area contributed by atoms with E-state index >= 15 is 0 Å². The molecule has 0 bridgehead atoms. The Hall–Kier alpha value is -1.56. The zero-order valence-electron chi connectivity index (χ0n) is 12.5. The summed E-state index contributed by atoms with van der Waals surface area (Å²) in [5.74, 6) is 0.582. The number of hydrogen-bond acceptors (Lipinski definition) is 3. The summed E-state index contributed by atoms with van der Waals surface area (Å²) in [7, 11) is -1.87. The van der Waals surface area contributed by atoms with Crippen molar-refractivity contribution in [3.05, 3.63) is 64.2 Å². The van der Waals surface area contributed by atoms with E-state index in [0.717, 1.165) is 11.1 Å². The smallest absolute Gasteiger partial charge is 0.216 e. The summed E-state index contributed by atoms with van der Waals surface area (Å²) in [6, 6.07) is 12.6. The van der Waals surface area contributed by atoms with Gasteiger partial charge in [-0.05, 0) is 30.2 Å². The molecule has 1 N–H and O–H groups in total. The fourth-order valence-electron chi connectivity index (χ4n) is 2.06. The zero-order chi connectivity index (χ0) is 16.2. The number of hydrogen-bond donors (Lipinski definition) is 1. The molecule has 0 radical (unpaired) electrons. The van der Waals surface area contributed by atoms with Crippen molar-refractivity contribution in [1.29, 1.82) is 0 Å². The normalized spacial score (nSPS) is 11.4. The summed E-state index contributed by atoms with van der Waals surface area (Å²) in [6.07, 6.45) is 0. The molecule has 0 saturated carbocycles. The molecule has 2 aromatic rings. The van der Waals surface area contributed by atoms with E-state index in [4.69, 9.17) is 16.3 Å². The third-order valence-electron chi connectivity index (χ3n) is 3.18. The number of methoxy groups -OCH3 is 1. The van der Waals surface area contributed by atoms with Crippen molar-refractivity contribution in [1.82, 2.24) is 4.72 Å². The molecule has 0 aliphatic heterocycles. The second-order valence-corrected chi connectivity index (χ2v) is 7.24. The van der Waals surface area contributed by atoms with Gasteiger partial charge in [-0.3, -0.25) is 0 Å². The molecule has 6 heteroatoms. The van der Waals surface area contributed by atoms with Gasteiger partial charge in [0.15, 0.2) is 0 Å². The Balaban J connectivity index is 2.03. The average molecular weight is 340 g/mol. The third kappa shape index (κ3) is 4.73. The first-order valence-corrected chi connectivity index (χ1v) is 8.78. The van der Waals surface area contributed by atoms with Crippen LogP contribution < -0.4 is 9.46 Å². The molecule has 0 unspecified atom stereocenters. The molecule has 0 atom stereocenters. The largest absolute Gasteiger partial charge is 0.497 e. The Morgan fingerprint density at radius 1 is 1.18 bits per heavy atom. The summed E-state index contributed by atoms with van der Waals surface area (Å²) in [4.78, 5) is 0. The minimum atomic E-state index is -3.42. The molecule has 0 amide bonds. The Bertz CT molecular complexity index is 760. The molecule has 22 heavy (non-hydrogen) atoms. The fourth-order valence-corrected chi connectivity index (χ4v) is 3.39. The summed E-state index contributed by atoms with van der Waals surface area (Å²) in [5.41, 5.74) is 2.49. The predicted octanol–water partition coefficient (Wildman–Crippen LogP) is 3.28. The summed E-state index contributed by atoms with van der Waals surface area (Å²) >= 11 is 6.10. The predicted molar refractivity (Wildman–Crippen MR) is 88.6 cm³/mol. The number of aryl methyl sites for hydroxylation is 1. The van der Waals surface area contributed by atoms with Gasteiger partial charge in [-0.1, -0.05) is 47.5 Å². The van der Waals surface area contributed by atoms with Crippen molar-refractivity contribution in [2.24, 2.45) is 0 Å². The van der Waals surface area contributed by atoms with Crippen LogP contribution in [0, 0.1) is 6.92 Å². The molecule has 0 aromatic heterocycles. The first-order valence-electron chi connectivity index (χ1n) is 6.75. The van der Waals surface area contributed by atoms with Crippen LogP contribution >= 0.6 is 11.6 Å². The van der Waals surface area contributed by atoms with Gasteiger partial charge in [0.1, 0.15) is 5.75 Å². The van der Waals surface area contributed by atoms with Gasteiger partial charge < -0.3 is 4.74 Å². The zero-order valence-corrected chi connectivity index (χ0v) is 14.0. The Kier molecular flexibility index (Phi) is 5.45. The van der Waals surface area contributed by atoms with Crippen LogP contribution in [0.2, 0.25) is 5.02 Å². The third-order valence-corrected chi connectivity index (χ3v) is 4.83. The monoisotopic (exact) mass is 339 g/mol. The molecule has 0 fully saturated rings. The van der Waals surface area contributed by atoms with Crippen molar-refractivity contribution in [2.75, 3.05) is 7.11 Å². The van der Waals surface area contributed by atoms with E-state index in [0.29, 0.717) is 16.3 Å². The molecule has 118 valence electrons. The van der Waals surface area contributed by atoms with Gasteiger partial charge in [-0.2, -0.15) is 0 Å². The average Bonchev–Trinajstić information content (AvgIpc) is 2.45. The highest BCUT2D eigenvalue weighted by Crippen LogP contribution is 2.22. The maximum atomic E-state index is 12.1. The lowest BCUT2D eigenvalue weighted by atomic mass is 10.2. The summed E-state index contributed by atoms with van der Waals surface area (Å²) in [6.45, 7) is 2.08. The van der Waals surface area contributed by atoms with Gasteiger partial charge in [0, 0.05) is 11.6 Å². The maximum absolute atomic E-state index is 12.1. The fraction of sp³-hybridized carbons (Fsp3) is 0.250. The van der Waals surface area contributed by atoms with Crippen molar-refractivity contribution < 1.29 is 13.2 Å². The first-order chi connectivity index (χ1) is 10.4. The van der Waals surface area contributed by atoms with E-state index in [2.05, 4.69) is 4.72 Å². The molecule has 0 aliphatic rings. The molecule has 4 nitrogen and oxygen atoms in total. The van der Waals surface area contributed by atoms with E-state index in [1.807, 2.05) is 25.1 Å². The highest BCUT2D eigenvalue weighted by molar-refractivity contribution is 7.88. The molecule has 0 aliphatic carbocycles. The van der Waals surface area contributed by atoms with Gasteiger partial charge in [-0.15, -0.1) is 0 Å². The Morgan fingerprint density at radius 2 is 1.95 bits per heavy atom. The number of halogens is 1. The summed E-state index contributed by atoms with van der Waals surface area (Å²) in [5, 5.41) is 0.470. The number of ether oxygens (including phenoxy) is 1. The molecular weight excluding hydrogens is 322 g/mol. The number of sulfonamides is 1. The highest BCUT2D eigenvalue weighted by Gasteiger charge is 2.12. The van der Waals surface area contributed by atoms with Crippen LogP contribution in [0.3, 0.4) is 0 Å². The van der Waals surface area contributed by atoms with Gasteiger partial charge in [0.2, 0.25) is 10.0 Å². The highest BCUT2D eigenvalue weighted by atomic mass is 35.5. The number of rotatable bonds is 6. The van der Waals surface area contributed by atoms with Crippen LogP contribution in [0.15, 0.2) is 42.5 Å². The van der Waals surface area contributed by atoms with E-state index in [9.17, 15) is 8.42 Å². The minimum absolute atomic E-state index is 0.0531. The van der Waals surface area contributed by atoms with Gasteiger partial charge in [-0.25, -0.2) is 13.1 Å². The lowest BCUT2D eigenvalue weighted by Gasteiger charge is -2.09. The van der Waals surface area contributed by atoms with Crippen LogP contribution in [-0.2, 0) is 22.3 Å². The lowest BCUT2D eigenvalue weighted by Crippen LogP contribution is -2.24. The lowest BCUT2D eigenvalue weighted by molar-refractivity contribution is 0.414. The quantitative estimate of drug-likeness (QED) is 0.878. The topological polar surface area (TPSA) is 55.4 Å². The Morgan fingerprint density at radius 3 is 2.59 bits per heavy atom. The maximum Gasteiger partial charge on any atom is 0.216 e. The van der Waals surface area contributed by atoms with Crippen molar-refractivity contribution >= 4 is 21.6 Å². The minimum Gasteiger partial charge on any atom is -0.497 e. The standard InChI is InChI=1S/C16H18ClNO3S/c1-12-4-3-5-13(8-12)11-22(19,20)18-10-14-6-7-15(21-2)9-16(14)17/h3-9,18H,10-11H2,1-2H3. The van der Waals surface area contributed by atoms with E-state index in [-0.39, 0.29) is 12.3 Å².